The molecule has 0 N–H and O–H groups in total. The minimum Gasteiger partial charge on any atom is -0.341 e. The van der Waals surface area contributed by atoms with E-state index < -0.39 is 0 Å². The third-order valence-electron chi connectivity index (χ3n) is 2.48. The molecule has 80 valence electrons. The summed E-state index contributed by atoms with van der Waals surface area (Å²) >= 11 is 3.36. The molecule has 0 aromatic carbocycles. The monoisotopic (exact) mass is 268 g/mol. The molecule has 1 amide bonds. The lowest BCUT2D eigenvalue weighted by Gasteiger charge is -2.16. The van der Waals surface area contributed by atoms with Crippen molar-refractivity contribution >= 4 is 21.8 Å². The SMILES string of the molecule is CN(Cc1cncc(Br)c1)C(=O)C1CC1. The third kappa shape index (κ3) is 2.78. The minimum absolute atomic E-state index is 0.259. The van der Waals surface area contributed by atoms with Crippen molar-refractivity contribution in [3.8, 4) is 0 Å². The Morgan fingerprint density at radius 2 is 2.33 bits per heavy atom. The summed E-state index contributed by atoms with van der Waals surface area (Å²) in [5.41, 5.74) is 1.06. The molecule has 1 aliphatic rings. The maximum atomic E-state index is 11.7. The van der Waals surface area contributed by atoms with Crippen LogP contribution in [0.3, 0.4) is 0 Å². The third-order valence-corrected chi connectivity index (χ3v) is 2.92. The van der Waals surface area contributed by atoms with Gasteiger partial charge in [0, 0.05) is 36.4 Å². The van der Waals surface area contributed by atoms with Crippen LogP contribution in [0.25, 0.3) is 0 Å². The van der Waals surface area contributed by atoms with Crippen LogP contribution in [0.2, 0.25) is 0 Å². The van der Waals surface area contributed by atoms with Gasteiger partial charge in [-0.15, -0.1) is 0 Å². The van der Waals surface area contributed by atoms with Crippen molar-refractivity contribution in [2.45, 2.75) is 19.4 Å². The van der Waals surface area contributed by atoms with E-state index in [0.717, 1.165) is 22.9 Å². The normalized spacial score (nSPS) is 15.1. The second-order valence-corrected chi connectivity index (χ2v) is 4.90. The molecule has 1 aromatic rings. The van der Waals surface area contributed by atoms with Crippen LogP contribution in [0.5, 0.6) is 0 Å². The smallest absolute Gasteiger partial charge is 0.225 e. The maximum Gasteiger partial charge on any atom is 0.225 e. The van der Waals surface area contributed by atoms with Crippen molar-refractivity contribution < 1.29 is 4.79 Å². The number of carbonyl (C=O) groups is 1. The van der Waals surface area contributed by atoms with Gasteiger partial charge in [-0.2, -0.15) is 0 Å². The first kappa shape index (κ1) is 10.6. The molecule has 3 nitrogen and oxygen atoms in total. The van der Waals surface area contributed by atoms with E-state index in [-0.39, 0.29) is 11.8 Å². The summed E-state index contributed by atoms with van der Waals surface area (Å²) in [5, 5.41) is 0. The largest absolute Gasteiger partial charge is 0.341 e. The quantitative estimate of drug-likeness (QED) is 0.842. The lowest BCUT2D eigenvalue weighted by molar-refractivity contribution is -0.131. The van der Waals surface area contributed by atoms with Crippen LogP contribution in [-0.2, 0) is 11.3 Å². The Morgan fingerprint density at radius 3 is 2.93 bits per heavy atom. The maximum absolute atomic E-state index is 11.7. The van der Waals surface area contributed by atoms with E-state index in [2.05, 4.69) is 20.9 Å². The van der Waals surface area contributed by atoms with Gasteiger partial charge in [0.2, 0.25) is 5.91 Å². The second kappa shape index (κ2) is 4.31. The van der Waals surface area contributed by atoms with Gasteiger partial charge in [0.05, 0.1) is 0 Å². The van der Waals surface area contributed by atoms with E-state index in [9.17, 15) is 4.79 Å². The van der Waals surface area contributed by atoms with E-state index in [4.69, 9.17) is 0 Å². The van der Waals surface area contributed by atoms with Gasteiger partial charge in [0.1, 0.15) is 0 Å². The lowest BCUT2D eigenvalue weighted by Crippen LogP contribution is -2.27. The predicted molar refractivity (Wildman–Crippen MR) is 61.1 cm³/mol. The van der Waals surface area contributed by atoms with Crippen LogP contribution < -0.4 is 0 Å². The first-order valence-electron chi connectivity index (χ1n) is 5.01. The van der Waals surface area contributed by atoms with Gasteiger partial charge < -0.3 is 4.90 Å². The molecule has 2 rings (SSSR count). The van der Waals surface area contributed by atoms with Crippen molar-refractivity contribution in [3.63, 3.8) is 0 Å². The average molecular weight is 269 g/mol. The summed E-state index contributed by atoms with van der Waals surface area (Å²) in [6, 6.07) is 1.99. The van der Waals surface area contributed by atoms with Crippen LogP contribution in [0.4, 0.5) is 0 Å². The summed E-state index contributed by atoms with van der Waals surface area (Å²) in [4.78, 5) is 17.5. The number of amides is 1. The van der Waals surface area contributed by atoms with Gasteiger partial charge >= 0.3 is 0 Å². The number of rotatable bonds is 3. The highest BCUT2D eigenvalue weighted by Crippen LogP contribution is 2.31. The Bertz CT molecular complexity index is 377. The minimum atomic E-state index is 0.259. The van der Waals surface area contributed by atoms with Gasteiger partial charge in [-0.25, -0.2) is 0 Å². The first-order valence-corrected chi connectivity index (χ1v) is 5.80. The van der Waals surface area contributed by atoms with Crippen molar-refractivity contribution in [3.05, 3.63) is 28.5 Å². The number of aromatic nitrogens is 1. The van der Waals surface area contributed by atoms with Crippen molar-refractivity contribution in [1.82, 2.24) is 9.88 Å². The Hall–Kier alpha value is -0.900. The fraction of sp³-hybridized carbons (Fsp3) is 0.455. The zero-order valence-corrected chi connectivity index (χ0v) is 10.2. The van der Waals surface area contributed by atoms with Crippen molar-refractivity contribution in [2.24, 2.45) is 5.92 Å². The van der Waals surface area contributed by atoms with Crippen molar-refractivity contribution in [2.75, 3.05) is 7.05 Å². The summed E-state index contributed by atoms with van der Waals surface area (Å²) in [6.07, 6.45) is 5.65. The number of nitrogens with zero attached hydrogens (tertiary/aromatic N) is 2. The number of hydrogen-bond donors (Lipinski definition) is 0. The highest BCUT2D eigenvalue weighted by molar-refractivity contribution is 9.10. The Kier molecular flexibility index (Phi) is 3.05. The van der Waals surface area contributed by atoms with Crippen LogP contribution in [-0.4, -0.2) is 22.8 Å². The van der Waals surface area contributed by atoms with E-state index in [1.807, 2.05) is 13.1 Å². The summed E-state index contributed by atoms with van der Waals surface area (Å²) in [7, 11) is 1.85. The molecular formula is C11H13BrN2O. The molecule has 1 aromatic heterocycles. The Morgan fingerprint density at radius 1 is 1.60 bits per heavy atom. The number of pyridine rings is 1. The van der Waals surface area contributed by atoms with Gasteiger partial charge in [0.25, 0.3) is 0 Å². The molecule has 1 aliphatic carbocycles. The topological polar surface area (TPSA) is 33.2 Å². The van der Waals surface area contributed by atoms with Gasteiger partial charge in [0.15, 0.2) is 0 Å². The fourth-order valence-electron chi connectivity index (χ4n) is 1.54. The molecule has 4 heteroatoms. The first-order chi connectivity index (χ1) is 7.16. The molecule has 0 spiro atoms. The standard InChI is InChI=1S/C11H13BrN2O/c1-14(11(15)9-2-3-9)7-8-4-10(12)6-13-5-8/h4-6,9H,2-3,7H2,1H3. The van der Waals surface area contributed by atoms with Crippen LogP contribution >= 0.6 is 15.9 Å². The van der Waals surface area contributed by atoms with Gasteiger partial charge in [-0.05, 0) is 40.4 Å². The molecular weight excluding hydrogens is 256 g/mol. The second-order valence-electron chi connectivity index (χ2n) is 3.98. The number of carbonyl (C=O) groups excluding carboxylic acids is 1. The highest BCUT2D eigenvalue weighted by atomic mass is 79.9. The van der Waals surface area contributed by atoms with Crippen molar-refractivity contribution in [1.29, 1.82) is 0 Å². The molecule has 1 fully saturated rings. The predicted octanol–water partition coefficient (Wildman–Crippen LogP) is 2.21. The summed E-state index contributed by atoms with van der Waals surface area (Å²) in [5.74, 6) is 0.546. The molecule has 0 bridgehead atoms. The molecule has 0 aliphatic heterocycles. The van der Waals surface area contributed by atoms with E-state index >= 15 is 0 Å². The molecule has 0 radical (unpaired) electrons. The number of halogens is 1. The fourth-order valence-corrected chi connectivity index (χ4v) is 1.95. The summed E-state index contributed by atoms with van der Waals surface area (Å²) in [6.45, 7) is 0.641. The molecule has 15 heavy (non-hydrogen) atoms. The van der Waals surface area contributed by atoms with Gasteiger partial charge in [-0.3, -0.25) is 9.78 Å². The Balaban J connectivity index is 1.98. The highest BCUT2D eigenvalue weighted by Gasteiger charge is 2.31. The average Bonchev–Trinajstić information content (AvgIpc) is 2.99. The molecule has 1 heterocycles. The van der Waals surface area contributed by atoms with Crippen LogP contribution in [0.1, 0.15) is 18.4 Å². The van der Waals surface area contributed by atoms with E-state index in [1.165, 1.54) is 0 Å². The van der Waals surface area contributed by atoms with Gasteiger partial charge in [-0.1, -0.05) is 0 Å². The molecule has 0 atom stereocenters. The zero-order valence-electron chi connectivity index (χ0n) is 8.61. The van der Waals surface area contributed by atoms with Crippen LogP contribution in [0.15, 0.2) is 22.9 Å². The van der Waals surface area contributed by atoms with E-state index in [1.54, 1.807) is 17.3 Å². The molecule has 1 saturated carbocycles. The van der Waals surface area contributed by atoms with E-state index in [0.29, 0.717) is 6.54 Å². The van der Waals surface area contributed by atoms with Crippen LogP contribution in [0, 0.1) is 5.92 Å². The lowest BCUT2D eigenvalue weighted by atomic mass is 10.2. The molecule has 0 saturated heterocycles. The zero-order chi connectivity index (χ0) is 10.8. The Labute approximate surface area is 97.6 Å². The number of hydrogen-bond acceptors (Lipinski definition) is 2. The molecule has 0 unspecified atom stereocenters. The summed E-state index contributed by atoms with van der Waals surface area (Å²) < 4.78 is 0.951.